The second kappa shape index (κ2) is 9.43. The lowest BCUT2D eigenvalue weighted by atomic mass is 9.96. The average molecular weight is 459 g/mol. The maximum absolute atomic E-state index is 13.7. The van der Waals surface area contributed by atoms with Gasteiger partial charge in [-0.05, 0) is 30.9 Å². The second-order valence-corrected chi connectivity index (χ2v) is 9.35. The van der Waals surface area contributed by atoms with Crippen LogP contribution in [0.5, 0.6) is 0 Å². The molecule has 2 saturated heterocycles. The molecule has 7 heteroatoms. The monoisotopic (exact) mass is 458 g/mol. The molecular weight excluding hydrogens is 428 g/mol. The highest BCUT2D eigenvalue weighted by molar-refractivity contribution is 5.96. The summed E-state index contributed by atoms with van der Waals surface area (Å²) in [4.78, 5) is 34.9. The van der Waals surface area contributed by atoms with Crippen LogP contribution in [0.25, 0.3) is 0 Å². The van der Waals surface area contributed by atoms with Crippen LogP contribution in [-0.4, -0.2) is 52.3 Å². The van der Waals surface area contributed by atoms with E-state index >= 15 is 0 Å². The van der Waals surface area contributed by atoms with E-state index < -0.39 is 12.1 Å². The standard InChI is InChI=1S/C27H30N4O3/c1-18(28)25-29-15-24(34-25)27(33)31-17-22(20-10-6-3-7-11-20)14-23(31)26(32)30-13-12-21(16-30)19-8-4-2-5-9-19/h2-11,15,18,21-23H,12-14,16-17,28H2,1H3/t18-,21?,22-,23-/m0/s1. The van der Waals surface area contributed by atoms with Gasteiger partial charge in [0, 0.05) is 31.5 Å². The van der Waals surface area contributed by atoms with Gasteiger partial charge in [-0.25, -0.2) is 4.98 Å². The minimum absolute atomic E-state index is 0.0112. The van der Waals surface area contributed by atoms with Crippen LogP contribution in [0.1, 0.15) is 65.2 Å². The number of carbonyl (C=O) groups excluding carboxylic acids is 2. The normalized spacial score (nSPS) is 23.3. The third-order valence-corrected chi connectivity index (χ3v) is 7.01. The Kier molecular flexibility index (Phi) is 6.20. The van der Waals surface area contributed by atoms with E-state index in [2.05, 4.69) is 29.2 Å². The molecule has 2 fully saturated rings. The number of benzene rings is 2. The molecule has 0 radical (unpaired) electrons. The Bertz CT molecular complexity index is 1140. The van der Waals surface area contributed by atoms with Crippen LogP contribution in [-0.2, 0) is 4.79 Å². The van der Waals surface area contributed by atoms with Crippen molar-refractivity contribution in [2.45, 2.75) is 43.7 Å². The zero-order valence-corrected chi connectivity index (χ0v) is 19.3. The first-order chi connectivity index (χ1) is 16.5. The van der Waals surface area contributed by atoms with Crippen molar-refractivity contribution in [3.05, 3.63) is 89.6 Å². The minimum Gasteiger partial charge on any atom is -0.434 e. The molecule has 2 aromatic carbocycles. The van der Waals surface area contributed by atoms with Crippen molar-refractivity contribution in [2.75, 3.05) is 19.6 Å². The number of nitrogens with two attached hydrogens (primary N) is 1. The van der Waals surface area contributed by atoms with Crippen LogP contribution < -0.4 is 5.73 Å². The van der Waals surface area contributed by atoms with Crippen molar-refractivity contribution < 1.29 is 14.0 Å². The van der Waals surface area contributed by atoms with Crippen molar-refractivity contribution in [3.63, 3.8) is 0 Å². The molecule has 0 bridgehead atoms. The zero-order valence-electron chi connectivity index (χ0n) is 19.3. The molecule has 5 rings (SSSR count). The highest BCUT2D eigenvalue weighted by Crippen LogP contribution is 2.36. The van der Waals surface area contributed by atoms with Gasteiger partial charge in [-0.15, -0.1) is 0 Å². The first kappa shape index (κ1) is 22.3. The number of rotatable bonds is 5. The van der Waals surface area contributed by atoms with Crippen molar-refractivity contribution in [1.29, 1.82) is 0 Å². The number of carbonyl (C=O) groups is 2. The lowest BCUT2D eigenvalue weighted by Gasteiger charge is -2.27. The molecule has 0 spiro atoms. The fourth-order valence-corrected chi connectivity index (χ4v) is 5.17. The molecule has 1 unspecified atom stereocenters. The Morgan fingerprint density at radius 3 is 2.26 bits per heavy atom. The fraction of sp³-hybridized carbons (Fsp3) is 0.370. The molecule has 176 valence electrons. The number of nitrogens with zero attached hydrogens (tertiary/aromatic N) is 3. The van der Waals surface area contributed by atoms with Gasteiger partial charge in [-0.2, -0.15) is 0 Å². The molecule has 3 heterocycles. The quantitative estimate of drug-likeness (QED) is 0.629. The Morgan fingerprint density at radius 1 is 1.00 bits per heavy atom. The first-order valence-electron chi connectivity index (χ1n) is 11.9. The molecule has 34 heavy (non-hydrogen) atoms. The summed E-state index contributed by atoms with van der Waals surface area (Å²) in [5.41, 5.74) is 8.24. The summed E-state index contributed by atoms with van der Waals surface area (Å²) in [5.74, 6) is 0.552. The van der Waals surface area contributed by atoms with E-state index in [1.54, 1.807) is 11.8 Å². The molecule has 3 aromatic rings. The van der Waals surface area contributed by atoms with E-state index in [0.717, 1.165) is 12.0 Å². The van der Waals surface area contributed by atoms with E-state index in [1.165, 1.54) is 11.8 Å². The number of oxazole rings is 1. The Balaban J connectivity index is 1.38. The smallest absolute Gasteiger partial charge is 0.291 e. The van der Waals surface area contributed by atoms with Gasteiger partial charge in [0.25, 0.3) is 5.91 Å². The lowest BCUT2D eigenvalue weighted by Crippen LogP contribution is -2.47. The first-order valence-corrected chi connectivity index (χ1v) is 11.9. The molecule has 0 saturated carbocycles. The maximum atomic E-state index is 13.7. The molecule has 2 aliphatic heterocycles. The highest BCUT2D eigenvalue weighted by atomic mass is 16.4. The molecule has 4 atom stereocenters. The van der Waals surface area contributed by atoms with Crippen molar-refractivity contribution in [2.24, 2.45) is 5.73 Å². The van der Waals surface area contributed by atoms with E-state index in [9.17, 15) is 9.59 Å². The largest absolute Gasteiger partial charge is 0.434 e. The second-order valence-electron chi connectivity index (χ2n) is 9.35. The van der Waals surface area contributed by atoms with Crippen LogP contribution in [0, 0.1) is 0 Å². The molecule has 0 aliphatic carbocycles. The van der Waals surface area contributed by atoms with E-state index in [4.69, 9.17) is 10.2 Å². The van der Waals surface area contributed by atoms with E-state index in [-0.39, 0.29) is 23.5 Å². The van der Waals surface area contributed by atoms with Crippen LogP contribution in [0.2, 0.25) is 0 Å². The topological polar surface area (TPSA) is 92.7 Å². The number of amides is 2. The van der Waals surface area contributed by atoms with Crippen LogP contribution in [0.15, 0.2) is 71.3 Å². The summed E-state index contributed by atoms with van der Waals surface area (Å²) >= 11 is 0. The predicted octanol–water partition coefficient (Wildman–Crippen LogP) is 3.71. The molecule has 1 aromatic heterocycles. The summed E-state index contributed by atoms with van der Waals surface area (Å²) in [7, 11) is 0. The van der Waals surface area contributed by atoms with Gasteiger partial charge in [0.2, 0.25) is 17.6 Å². The van der Waals surface area contributed by atoms with Gasteiger partial charge in [0.15, 0.2) is 0 Å². The molecule has 2 amide bonds. The average Bonchev–Trinajstić information content (AvgIpc) is 3.64. The van der Waals surface area contributed by atoms with Crippen molar-refractivity contribution in [3.8, 4) is 0 Å². The summed E-state index contributed by atoms with van der Waals surface area (Å²) in [5, 5.41) is 0. The molecule has 7 nitrogen and oxygen atoms in total. The molecule has 2 N–H and O–H groups in total. The Morgan fingerprint density at radius 2 is 1.65 bits per heavy atom. The fourth-order valence-electron chi connectivity index (χ4n) is 5.17. The summed E-state index contributed by atoms with van der Waals surface area (Å²) in [6.45, 7) is 3.59. The highest BCUT2D eigenvalue weighted by Gasteiger charge is 2.44. The van der Waals surface area contributed by atoms with Crippen molar-refractivity contribution in [1.82, 2.24) is 14.8 Å². The van der Waals surface area contributed by atoms with Crippen LogP contribution >= 0.6 is 0 Å². The van der Waals surface area contributed by atoms with Gasteiger partial charge in [0.1, 0.15) is 6.04 Å². The van der Waals surface area contributed by atoms with Crippen LogP contribution in [0.3, 0.4) is 0 Å². The number of aromatic nitrogens is 1. The van der Waals surface area contributed by atoms with Gasteiger partial charge in [-0.1, -0.05) is 60.7 Å². The van der Waals surface area contributed by atoms with Gasteiger partial charge in [-0.3, -0.25) is 9.59 Å². The summed E-state index contributed by atoms with van der Waals surface area (Å²) in [6, 6.07) is 19.5. The summed E-state index contributed by atoms with van der Waals surface area (Å²) < 4.78 is 5.64. The van der Waals surface area contributed by atoms with E-state index in [0.29, 0.717) is 37.9 Å². The molecular formula is C27H30N4O3. The third kappa shape index (κ3) is 4.35. The zero-order chi connectivity index (χ0) is 23.7. The van der Waals surface area contributed by atoms with E-state index in [1.807, 2.05) is 41.3 Å². The Labute approximate surface area is 199 Å². The third-order valence-electron chi connectivity index (χ3n) is 7.01. The molecule has 2 aliphatic rings. The predicted molar refractivity (Wildman–Crippen MR) is 128 cm³/mol. The number of hydrogen-bond acceptors (Lipinski definition) is 5. The number of hydrogen-bond donors (Lipinski definition) is 1. The Hall–Kier alpha value is -3.45. The maximum Gasteiger partial charge on any atom is 0.291 e. The van der Waals surface area contributed by atoms with Crippen molar-refractivity contribution >= 4 is 11.8 Å². The van der Waals surface area contributed by atoms with Crippen LogP contribution in [0.4, 0.5) is 0 Å². The minimum atomic E-state index is -0.531. The van der Waals surface area contributed by atoms with Gasteiger partial charge < -0.3 is 20.0 Å². The lowest BCUT2D eigenvalue weighted by molar-refractivity contribution is -0.134. The van der Waals surface area contributed by atoms with Gasteiger partial charge in [0.05, 0.1) is 12.2 Å². The summed E-state index contributed by atoms with van der Waals surface area (Å²) in [6.07, 6.45) is 2.94. The number of likely N-dealkylation sites (tertiary alicyclic amines) is 2. The SMILES string of the molecule is C[C@H](N)c1ncc(C(=O)N2C[C@@H](c3ccccc3)C[C@H]2C(=O)N2CCC(c3ccccc3)C2)o1. The van der Waals surface area contributed by atoms with Gasteiger partial charge >= 0.3 is 0 Å².